The summed E-state index contributed by atoms with van der Waals surface area (Å²) in [5, 5.41) is 5.29. The number of benzene rings is 1. The lowest BCUT2D eigenvalue weighted by Crippen LogP contribution is -2.34. The van der Waals surface area contributed by atoms with Crippen molar-refractivity contribution in [2.24, 2.45) is 0 Å². The monoisotopic (exact) mass is 317 g/mol. The average molecular weight is 317 g/mol. The number of anilines is 1. The van der Waals surface area contributed by atoms with Gasteiger partial charge in [0.05, 0.1) is 0 Å². The molecule has 0 saturated carbocycles. The first-order valence-corrected chi connectivity index (χ1v) is 8.21. The van der Waals surface area contributed by atoms with Gasteiger partial charge in [-0.1, -0.05) is 18.2 Å². The number of ether oxygens (including phenoxy) is 1. The molecule has 2 aromatic rings. The molecule has 1 aromatic heterocycles. The number of rotatable bonds is 6. The van der Waals surface area contributed by atoms with Crippen LogP contribution in [0.25, 0.3) is 0 Å². The first kappa shape index (κ1) is 15.0. The molecule has 3 rings (SSSR count). The van der Waals surface area contributed by atoms with Gasteiger partial charge in [0.15, 0.2) is 5.13 Å². The Morgan fingerprint density at radius 1 is 1.50 bits per heavy atom. The van der Waals surface area contributed by atoms with Gasteiger partial charge < -0.3 is 15.0 Å². The van der Waals surface area contributed by atoms with Gasteiger partial charge in [0.1, 0.15) is 11.9 Å². The summed E-state index contributed by atoms with van der Waals surface area (Å²) < 4.78 is 5.92. The van der Waals surface area contributed by atoms with Gasteiger partial charge in [0.2, 0.25) is 5.91 Å². The van der Waals surface area contributed by atoms with Gasteiger partial charge in [-0.25, -0.2) is 4.98 Å². The van der Waals surface area contributed by atoms with Gasteiger partial charge in [0.25, 0.3) is 0 Å². The van der Waals surface area contributed by atoms with Crippen LogP contribution in [0.3, 0.4) is 0 Å². The summed E-state index contributed by atoms with van der Waals surface area (Å²) in [5.74, 6) is 0.986. The second-order valence-corrected chi connectivity index (χ2v) is 6.34. The van der Waals surface area contributed by atoms with E-state index in [4.69, 9.17) is 4.74 Å². The Labute approximate surface area is 133 Å². The van der Waals surface area contributed by atoms with Crippen molar-refractivity contribution in [1.82, 2.24) is 9.88 Å². The zero-order valence-corrected chi connectivity index (χ0v) is 13.3. The van der Waals surface area contributed by atoms with Crippen molar-refractivity contribution >= 4 is 22.4 Å². The molecule has 0 bridgehead atoms. The quantitative estimate of drug-likeness (QED) is 0.889. The van der Waals surface area contributed by atoms with Crippen LogP contribution in [-0.2, 0) is 11.2 Å². The predicted octanol–water partition coefficient (Wildman–Crippen LogP) is 2.41. The summed E-state index contributed by atoms with van der Waals surface area (Å²) >= 11 is 1.43. The summed E-state index contributed by atoms with van der Waals surface area (Å²) in [6.45, 7) is 1.52. The minimum absolute atomic E-state index is 0.00238. The van der Waals surface area contributed by atoms with Crippen LogP contribution >= 0.6 is 11.3 Å². The number of carbonyl (C=O) groups excluding carboxylic acids is 1. The maximum Gasteiger partial charge on any atom is 0.227 e. The Kier molecular flexibility index (Phi) is 4.70. The first-order chi connectivity index (χ1) is 10.7. The number of nitrogens with one attached hydrogen (secondary N) is 1. The number of aromatic nitrogens is 1. The third kappa shape index (κ3) is 3.84. The highest BCUT2D eigenvalue weighted by molar-refractivity contribution is 7.13. The molecule has 1 aliphatic rings. The van der Waals surface area contributed by atoms with Crippen molar-refractivity contribution in [3.8, 4) is 5.75 Å². The molecule has 0 radical (unpaired) electrons. The zero-order valence-electron chi connectivity index (χ0n) is 12.5. The van der Waals surface area contributed by atoms with Crippen LogP contribution in [0.2, 0.25) is 0 Å². The van der Waals surface area contributed by atoms with E-state index in [9.17, 15) is 4.79 Å². The molecule has 116 valence electrons. The van der Waals surface area contributed by atoms with Crippen LogP contribution < -0.4 is 10.1 Å². The molecule has 5 nitrogen and oxygen atoms in total. The van der Waals surface area contributed by atoms with E-state index in [2.05, 4.69) is 21.3 Å². The Morgan fingerprint density at radius 3 is 3.14 bits per heavy atom. The SMILES string of the molecule is CN(CCC(=O)Nc1nccs1)CC1Cc2ccccc2O1. The second-order valence-electron chi connectivity index (χ2n) is 5.45. The molecule has 1 aromatic carbocycles. The number of amides is 1. The Morgan fingerprint density at radius 2 is 2.36 bits per heavy atom. The Bertz CT molecular complexity index is 605. The molecular weight excluding hydrogens is 298 g/mol. The number of para-hydroxylation sites is 1. The van der Waals surface area contributed by atoms with E-state index in [1.54, 1.807) is 6.20 Å². The van der Waals surface area contributed by atoms with E-state index < -0.39 is 0 Å². The maximum atomic E-state index is 11.8. The Hall–Kier alpha value is -1.92. The number of hydrogen-bond donors (Lipinski definition) is 1. The highest BCUT2D eigenvalue weighted by Crippen LogP contribution is 2.28. The molecule has 1 atom stereocenters. The number of fused-ring (bicyclic) bond motifs is 1. The van der Waals surface area contributed by atoms with Crippen molar-refractivity contribution in [2.75, 3.05) is 25.5 Å². The predicted molar refractivity (Wildman–Crippen MR) is 87.4 cm³/mol. The van der Waals surface area contributed by atoms with Gasteiger partial charge in [-0.3, -0.25) is 4.79 Å². The molecule has 1 amide bonds. The molecule has 0 saturated heterocycles. The van der Waals surface area contributed by atoms with E-state index in [0.717, 1.165) is 18.7 Å². The van der Waals surface area contributed by atoms with Crippen LogP contribution in [0.15, 0.2) is 35.8 Å². The lowest BCUT2D eigenvalue weighted by Gasteiger charge is -2.20. The highest BCUT2D eigenvalue weighted by atomic mass is 32.1. The van der Waals surface area contributed by atoms with Crippen molar-refractivity contribution in [3.05, 3.63) is 41.4 Å². The smallest absolute Gasteiger partial charge is 0.227 e. The summed E-state index contributed by atoms with van der Waals surface area (Å²) in [5.41, 5.74) is 1.27. The van der Waals surface area contributed by atoms with Crippen molar-refractivity contribution in [1.29, 1.82) is 0 Å². The summed E-state index contributed by atoms with van der Waals surface area (Å²) in [6.07, 6.45) is 3.24. The first-order valence-electron chi connectivity index (χ1n) is 7.33. The van der Waals surface area contributed by atoms with Crippen molar-refractivity contribution < 1.29 is 9.53 Å². The molecule has 6 heteroatoms. The molecule has 1 unspecified atom stereocenters. The molecule has 22 heavy (non-hydrogen) atoms. The number of carbonyl (C=O) groups is 1. The Balaban J connectivity index is 1.40. The number of hydrogen-bond acceptors (Lipinski definition) is 5. The molecule has 0 aliphatic carbocycles. The van der Waals surface area contributed by atoms with Crippen LogP contribution in [0.4, 0.5) is 5.13 Å². The normalized spacial score (nSPS) is 16.4. The summed E-state index contributed by atoms with van der Waals surface area (Å²) in [7, 11) is 2.02. The van der Waals surface area contributed by atoms with Gasteiger partial charge in [-0.15, -0.1) is 11.3 Å². The van der Waals surface area contributed by atoms with Crippen molar-refractivity contribution in [2.45, 2.75) is 18.9 Å². The topological polar surface area (TPSA) is 54.5 Å². The van der Waals surface area contributed by atoms with Crippen LogP contribution in [0.5, 0.6) is 5.75 Å². The third-order valence-corrected chi connectivity index (χ3v) is 4.32. The molecule has 0 spiro atoms. The fraction of sp³-hybridized carbons (Fsp3) is 0.375. The maximum absolute atomic E-state index is 11.8. The van der Waals surface area contributed by atoms with E-state index in [1.807, 2.05) is 30.6 Å². The van der Waals surface area contributed by atoms with Crippen molar-refractivity contribution in [3.63, 3.8) is 0 Å². The van der Waals surface area contributed by atoms with Crippen LogP contribution in [0, 0.1) is 0 Å². The molecule has 1 N–H and O–H groups in total. The van der Waals surface area contributed by atoms with E-state index >= 15 is 0 Å². The average Bonchev–Trinajstić information content (AvgIpc) is 3.13. The van der Waals surface area contributed by atoms with Gasteiger partial charge >= 0.3 is 0 Å². The minimum atomic E-state index is -0.00238. The number of likely N-dealkylation sites (N-methyl/N-ethyl adjacent to an activating group) is 1. The molecular formula is C16H19N3O2S. The number of nitrogens with zero attached hydrogens (tertiary/aromatic N) is 2. The second kappa shape index (κ2) is 6.89. The standard InChI is InChI=1S/C16H19N3O2S/c1-19(8-6-15(20)18-16-17-7-9-22-16)11-13-10-12-4-2-3-5-14(12)21-13/h2-5,7,9,13H,6,8,10-11H2,1H3,(H,17,18,20). The molecule has 0 fully saturated rings. The fourth-order valence-corrected chi connectivity index (χ4v) is 3.10. The lowest BCUT2D eigenvalue weighted by molar-refractivity contribution is -0.116. The van der Waals surface area contributed by atoms with E-state index in [0.29, 0.717) is 18.1 Å². The fourth-order valence-electron chi connectivity index (χ4n) is 2.55. The van der Waals surface area contributed by atoms with Gasteiger partial charge in [-0.2, -0.15) is 0 Å². The summed E-state index contributed by atoms with van der Waals surface area (Å²) in [6, 6.07) is 8.15. The largest absolute Gasteiger partial charge is 0.488 e. The summed E-state index contributed by atoms with van der Waals surface area (Å²) in [4.78, 5) is 18.0. The third-order valence-electron chi connectivity index (χ3n) is 3.63. The van der Waals surface area contributed by atoms with Crippen LogP contribution in [0.1, 0.15) is 12.0 Å². The minimum Gasteiger partial charge on any atom is -0.488 e. The zero-order chi connectivity index (χ0) is 15.4. The molecule has 1 aliphatic heterocycles. The lowest BCUT2D eigenvalue weighted by atomic mass is 10.1. The highest BCUT2D eigenvalue weighted by Gasteiger charge is 2.23. The van der Waals surface area contributed by atoms with E-state index in [-0.39, 0.29) is 12.0 Å². The van der Waals surface area contributed by atoms with Gasteiger partial charge in [-0.05, 0) is 18.7 Å². The molecule has 2 heterocycles. The van der Waals surface area contributed by atoms with Crippen LogP contribution in [-0.4, -0.2) is 42.0 Å². The van der Waals surface area contributed by atoms with E-state index in [1.165, 1.54) is 16.9 Å². The number of thiazole rings is 1. The van der Waals surface area contributed by atoms with Gasteiger partial charge in [0, 0.05) is 37.5 Å².